The zero-order valence-electron chi connectivity index (χ0n) is 11.1. The van der Waals surface area contributed by atoms with Gasteiger partial charge in [0.25, 0.3) is 5.91 Å². The number of anilines is 1. The SMILES string of the molecule is Nc1ccc(C(=O)N2CCCN3CCCC3C2)nc1. The van der Waals surface area contributed by atoms with Gasteiger partial charge in [-0.25, -0.2) is 4.98 Å². The number of carbonyl (C=O) groups excluding carboxylic acids is 1. The van der Waals surface area contributed by atoms with Crippen molar-refractivity contribution in [2.75, 3.05) is 31.9 Å². The van der Waals surface area contributed by atoms with Gasteiger partial charge in [-0.05, 0) is 37.9 Å². The summed E-state index contributed by atoms with van der Waals surface area (Å²) in [5, 5.41) is 0. The number of nitrogen functional groups attached to an aromatic ring is 1. The minimum atomic E-state index is 0.0359. The monoisotopic (exact) mass is 260 g/mol. The molecule has 2 saturated heterocycles. The van der Waals surface area contributed by atoms with E-state index in [0.29, 0.717) is 17.4 Å². The van der Waals surface area contributed by atoms with E-state index < -0.39 is 0 Å². The molecule has 0 saturated carbocycles. The molecule has 5 heteroatoms. The molecule has 2 N–H and O–H groups in total. The third-order valence-corrected chi connectivity index (χ3v) is 4.10. The maximum atomic E-state index is 12.5. The first kappa shape index (κ1) is 12.4. The van der Waals surface area contributed by atoms with Gasteiger partial charge in [0.2, 0.25) is 0 Å². The van der Waals surface area contributed by atoms with Gasteiger partial charge in [-0.2, -0.15) is 0 Å². The average Bonchev–Trinajstić information content (AvgIpc) is 2.76. The van der Waals surface area contributed by atoms with E-state index in [9.17, 15) is 4.79 Å². The van der Waals surface area contributed by atoms with Gasteiger partial charge in [0, 0.05) is 25.7 Å². The van der Waals surface area contributed by atoms with Crippen molar-refractivity contribution in [2.24, 2.45) is 0 Å². The summed E-state index contributed by atoms with van der Waals surface area (Å²) in [6, 6.07) is 4.00. The lowest BCUT2D eigenvalue weighted by Crippen LogP contribution is -2.39. The molecule has 2 fully saturated rings. The third kappa shape index (κ3) is 2.56. The van der Waals surface area contributed by atoms with Gasteiger partial charge < -0.3 is 10.6 Å². The van der Waals surface area contributed by atoms with Crippen LogP contribution in [0.3, 0.4) is 0 Å². The quantitative estimate of drug-likeness (QED) is 0.817. The molecular formula is C14H20N4O. The molecule has 5 nitrogen and oxygen atoms in total. The number of hydrogen-bond acceptors (Lipinski definition) is 4. The zero-order chi connectivity index (χ0) is 13.2. The van der Waals surface area contributed by atoms with E-state index in [2.05, 4.69) is 9.88 Å². The smallest absolute Gasteiger partial charge is 0.272 e. The average molecular weight is 260 g/mol. The van der Waals surface area contributed by atoms with E-state index in [1.54, 1.807) is 18.3 Å². The Morgan fingerprint density at radius 2 is 2.11 bits per heavy atom. The van der Waals surface area contributed by atoms with Crippen LogP contribution in [0.5, 0.6) is 0 Å². The molecule has 0 bridgehead atoms. The molecule has 102 valence electrons. The zero-order valence-corrected chi connectivity index (χ0v) is 11.1. The largest absolute Gasteiger partial charge is 0.397 e. The van der Waals surface area contributed by atoms with Crippen molar-refractivity contribution in [3.05, 3.63) is 24.0 Å². The van der Waals surface area contributed by atoms with Gasteiger partial charge in [-0.15, -0.1) is 0 Å². The highest BCUT2D eigenvalue weighted by Crippen LogP contribution is 2.22. The fourth-order valence-electron chi connectivity index (χ4n) is 3.08. The van der Waals surface area contributed by atoms with E-state index in [-0.39, 0.29) is 5.91 Å². The summed E-state index contributed by atoms with van der Waals surface area (Å²) < 4.78 is 0. The first-order valence-corrected chi connectivity index (χ1v) is 6.99. The summed E-state index contributed by atoms with van der Waals surface area (Å²) in [7, 11) is 0. The van der Waals surface area contributed by atoms with Crippen molar-refractivity contribution in [2.45, 2.75) is 25.3 Å². The van der Waals surface area contributed by atoms with Crippen molar-refractivity contribution in [3.8, 4) is 0 Å². The maximum absolute atomic E-state index is 12.5. The fraction of sp³-hybridized carbons (Fsp3) is 0.571. The fourth-order valence-corrected chi connectivity index (χ4v) is 3.08. The van der Waals surface area contributed by atoms with E-state index >= 15 is 0 Å². The summed E-state index contributed by atoms with van der Waals surface area (Å²) in [4.78, 5) is 21.1. The summed E-state index contributed by atoms with van der Waals surface area (Å²) >= 11 is 0. The molecule has 3 rings (SSSR count). The molecule has 0 radical (unpaired) electrons. The van der Waals surface area contributed by atoms with Crippen LogP contribution in [0.4, 0.5) is 5.69 Å². The number of pyridine rings is 1. The van der Waals surface area contributed by atoms with Crippen LogP contribution < -0.4 is 5.73 Å². The first-order chi connectivity index (χ1) is 9.24. The number of amides is 1. The van der Waals surface area contributed by atoms with E-state index in [0.717, 1.165) is 26.1 Å². The molecule has 0 aromatic carbocycles. The lowest BCUT2D eigenvalue weighted by Gasteiger charge is -2.25. The van der Waals surface area contributed by atoms with Crippen LogP contribution >= 0.6 is 0 Å². The van der Waals surface area contributed by atoms with Gasteiger partial charge >= 0.3 is 0 Å². The maximum Gasteiger partial charge on any atom is 0.272 e. The minimum absolute atomic E-state index is 0.0359. The number of rotatable bonds is 1. The van der Waals surface area contributed by atoms with Crippen LogP contribution in [0.25, 0.3) is 0 Å². The molecule has 19 heavy (non-hydrogen) atoms. The Labute approximate surface area is 113 Å². The predicted octanol–water partition coefficient (Wildman–Crippen LogP) is 0.974. The summed E-state index contributed by atoms with van der Waals surface area (Å²) in [5.41, 5.74) is 6.70. The lowest BCUT2D eigenvalue weighted by molar-refractivity contribution is 0.0737. The van der Waals surface area contributed by atoms with Crippen LogP contribution in [0.15, 0.2) is 18.3 Å². The molecule has 1 unspecified atom stereocenters. The highest BCUT2D eigenvalue weighted by Gasteiger charge is 2.31. The third-order valence-electron chi connectivity index (χ3n) is 4.10. The number of nitrogens with two attached hydrogens (primary N) is 1. The molecule has 0 spiro atoms. The standard InChI is InChI=1S/C14H20N4O/c15-11-4-5-13(16-9-11)14(19)18-8-2-7-17-6-1-3-12(17)10-18/h4-5,9,12H,1-3,6-8,10,15H2. The molecule has 1 atom stereocenters. The summed E-state index contributed by atoms with van der Waals surface area (Å²) in [5.74, 6) is 0.0359. The molecule has 2 aliphatic heterocycles. The first-order valence-electron chi connectivity index (χ1n) is 6.99. The molecule has 1 aromatic rings. The Balaban J connectivity index is 1.73. The molecular weight excluding hydrogens is 240 g/mol. The predicted molar refractivity (Wildman–Crippen MR) is 73.8 cm³/mol. The number of nitrogens with zero attached hydrogens (tertiary/aromatic N) is 3. The second kappa shape index (κ2) is 5.17. The van der Waals surface area contributed by atoms with Crippen molar-refractivity contribution < 1.29 is 4.79 Å². The minimum Gasteiger partial charge on any atom is -0.397 e. The second-order valence-corrected chi connectivity index (χ2v) is 5.41. The van der Waals surface area contributed by atoms with Gasteiger partial charge in [0.05, 0.1) is 11.9 Å². The second-order valence-electron chi connectivity index (χ2n) is 5.41. The topological polar surface area (TPSA) is 62.5 Å². The molecule has 1 aromatic heterocycles. The van der Waals surface area contributed by atoms with Gasteiger partial charge in [-0.1, -0.05) is 0 Å². The van der Waals surface area contributed by atoms with Crippen LogP contribution in [-0.2, 0) is 0 Å². The Bertz CT molecular complexity index is 459. The lowest BCUT2D eigenvalue weighted by atomic mass is 10.2. The number of carbonyl (C=O) groups is 1. The Hall–Kier alpha value is -1.62. The van der Waals surface area contributed by atoms with Crippen molar-refractivity contribution >= 4 is 11.6 Å². The molecule has 0 aliphatic carbocycles. The Morgan fingerprint density at radius 1 is 1.26 bits per heavy atom. The van der Waals surface area contributed by atoms with Gasteiger partial charge in [0.15, 0.2) is 0 Å². The van der Waals surface area contributed by atoms with E-state index in [1.165, 1.54) is 19.4 Å². The van der Waals surface area contributed by atoms with Gasteiger partial charge in [0.1, 0.15) is 5.69 Å². The van der Waals surface area contributed by atoms with Gasteiger partial charge in [-0.3, -0.25) is 9.69 Å². The highest BCUT2D eigenvalue weighted by atomic mass is 16.2. The van der Waals surface area contributed by atoms with Crippen LogP contribution in [0.1, 0.15) is 29.8 Å². The number of fused-ring (bicyclic) bond motifs is 1. The summed E-state index contributed by atoms with van der Waals surface area (Å²) in [6.07, 6.45) is 5.07. The van der Waals surface area contributed by atoms with Crippen molar-refractivity contribution in [3.63, 3.8) is 0 Å². The number of aromatic nitrogens is 1. The van der Waals surface area contributed by atoms with Crippen molar-refractivity contribution in [1.82, 2.24) is 14.8 Å². The van der Waals surface area contributed by atoms with Crippen LogP contribution in [0.2, 0.25) is 0 Å². The van der Waals surface area contributed by atoms with Crippen molar-refractivity contribution in [1.29, 1.82) is 0 Å². The van der Waals surface area contributed by atoms with Crippen LogP contribution in [-0.4, -0.2) is 52.9 Å². The summed E-state index contributed by atoms with van der Waals surface area (Å²) in [6.45, 7) is 3.97. The normalized spacial score (nSPS) is 24.0. The van der Waals surface area contributed by atoms with E-state index in [1.807, 2.05) is 4.90 Å². The van der Waals surface area contributed by atoms with Crippen LogP contribution in [0, 0.1) is 0 Å². The Kier molecular flexibility index (Phi) is 3.38. The molecule has 1 amide bonds. The Morgan fingerprint density at radius 3 is 2.89 bits per heavy atom. The number of hydrogen-bond donors (Lipinski definition) is 1. The molecule has 2 aliphatic rings. The highest BCUT2D eigenvalue weighted by molar-refractivity contribution is 5.92. The van der Waals surface area contributed by atoms with E-state index in [4.69, 9.17) is 5.73 Å². The molecule has 3 heterocycles.